The van der Waals surface area contributed by atoms with Crippen LogP contribution in [-0.2, 0) is 9.47 Å². The van der Waals surface area contributed by atoms with Gasteiger partial charge in [-0.3, -0.25) is 4.90 Å². The number of hydrogen-bond acceptors (Lipinski definition) is 5. The molecule has 6 nitrogen and oxygen atoms in total. The predicted octanol–water partition coefficient (Wildman–Crippen LogP) is 2.51. The summed E-state index contributed by atoms with van der Waals surface area (Å²) < 4.78 is 10.7. The first-order valence-corrected chi connectivity index (χ1v) is 8.57. The number of nitrogens with zero attached hydrogens (tertiary/aromatic N) is 2. The van der Waals surface area contributed by atoms with Crippen molar-refractivity contribution in [1.82, 2.24) is 14.9 Å². The second-order valence-corrected chi connectivity index (χ2v) is 6.28. The first-order valence-electron chi connectivity index (χ1n) is 8.57. The van der Waals surface area contributed by atoms with Crippen molar-refractivity contribution in [2.24, 2.45) is 0 Å². The Kier molecular flexibility index (Phi) is 4.38. The summed E-state index contributed by atoms with van der Waals surface area (Å²) in [6, 6.07) is 9.86. The van der Waals surface area contributed by atoms with E-state index in [1.165, 1.54) is 0 Å². The highest BCUT2D eigenvalue weighted by atomic mass is 16.5. The Bertz CT molecular complexity index is 913. The van der Waals surface area contributed by atoms with E-state index in [0.717, 1.165) is 60.3 Å². The lowest BCUT2D eigenvalue weighted by atomic mass is 10.1. The summed E-state index contributed by atoms with van der Waals surface area (Å²) in [5.74, 6) is -0.372. The molecule has 1 aliphatic heterocycles. The molecule has 4 rings (SSSR count). The van der Waals surface area contributed by atoms with Crippen molar-refractivity contribution in [2.45, 2.75) is 6.92 Å². The number of carbonyl (C=O) groups excluding carboxylic acids is 1. The summed E-state index contributed by atoms with van der Waals surface area (Å²) in [5, 5.41) is 2.09. The van der Waals surface area contributed by atoms with E-state index in [1.807, 2.05) is 37.3 Å². The third-order valence-electron chi connectivity index (χ3n) is 4.63. The maximum absolute atomic E-state index is 12.4. The van der Waals surface area contributed by atoms with Crippen LogP contribution in [0.2, 0.25) is 0 Å². The number of esters is 1. The van der Waals surface area contributed by atoms with Gasteiger partial charge in [-0.15, -0.1) is 0 Å². The van der Waals surface area contributed by atoms with Crippen molar-refractivity contribution in [3.8, 4) is 0 Å². The Morgan fingerprint density at radius 3 is 2.92 bits per heavy atom. The molecule has 0 spiro atoms. The van der Waals surface area contributed by atoms with Gasteiger partial charge in [0.1, 0.15) is 12.3 Å². The minimum absolute atomic E-state index is 0.358. The van der Waals surface area contributed by atoms with Crippen LogP contribution in [0.3, 0.4) is 0 Å². The number of ether oxygens (including phenoxy) is 2. The number of hydrogen-bond donors (Lipinski definition) is 1. The molecule has 130 valence electrons. The van der Waals surface area contributed by atoms with Crippen LogP contribution in [0.25, 0.3) is 21.8 Å². The first-order chi connectivity index (χ1) is 12.2. The fourth-order valence-corrected chi connectivity index (χ4v) is 3.28. The highest BCUT2D eigenvalue weighted by Gasteiger charge is 2.16. The molecule has 6 heteroatoms. The van der Waals surface area contributed by atoms with Crippen LogP contribution in [0.15, 0.2) is 30.3 Å². The second kappa shape index (κ2) is 6.82. The second-order valence-electron chi connectivity index (χ2n) is 6.28. The molecule has 1 aromatic carbocycles. The Morgan fingerprint density at radius 1 is 1.28 bits per heavy atom. The van der Waals surface area contributed by atoms with Gasteiger partial charge in [0.05, 0.1) is 24.4 Å². The average molecular weight is 339 g/mol. The Labute approximate surface area is 145 Å². The Morgan fingerprint density at radius 2 is 2.08 bits per heavy atom. The van der Waals surface area contributed by atoms with Crippen molar-refractivity contribution in [2.75, 3.05) is 39.5 Å². The lowest BCUT2D eigenvalue weighted by Gasteiger charge is -2.26. The summed E-state index contributed by atoms with van der Waals surface area (Å²) in [6.07, 6.45) is 0. The summed E-state index contributed by atoms with van der Waals surface area (Å²) >= 11 is 0. The summed E-state index contributed by atoms with van der Waals surface area (Å²) in [5.41, 5.74) is 3.16. The maximum atomic E-state index is 12.4. The monoisotopic (exact) mass is 339 g/mol. The molecule has 25 heavy (non-hydrogen) atoms. The number of H-pyrrole nitrogens is 1. The molecule has 1 fully saturated rings. The number of carbonyl (C=O) groups is 1. The largest absolute Gasteiger partial charge is 0.460 e. The SMILES string of the molecule is Cc1nc(C(=O)OCCN2CCOCC2)cc2c1[nH]c1ccccc12. The van der Waals surface area contributed by atoms with Gasteiger partial charge < -0.3 is 14.5 Å². The molecule has 2 aromatic heterocycles. The highest BCUT2D eigenvalue weighted by molar-refractivity contribution is 6.09. The number of aryl methyl sites for hydroxylation is 1. The molecule has 0 atom stereocenters. The van der Waals surface area contributed by atoms with Crippen molar-refractivity contribution in [3.05, 3.63) is 41.7 Å². The molecule has 0 amide bonds. The van der Waals surface area contributed by atoms with E-state index < -0.39 is 0 Å². The molecule has 1 saturated heterocycles. The van der Waals surface area contributed by atoms with E-state index in [0.29, 0.717) is 12.3 Å². The van der Waals surface area contributed by atoms with Crippen molar-refractivity contribution < 1.29 is 14.3 Å². The Hall–Kier alpha value is -2.44. The van der Waals surface area contributed by atoms with Crippen LogP contribution in [0.1, 0.15) is 16.2 Å². The molecule has 0 radical (unpaired) electrons. The average Bonchev–Trinajstić information content (AvgIpc) is 3.02. The molecule has 1 N–H and O–H groups in total. The lowest BCUT2D eigenvalue weighted by Crippen LogP contribution is -2.38. The molecular weight excluding hydrogens is 318 g/mol. The fraction of sp³-hybridized carbons (Fsp3) is 0.368. The summed E-state index contributed by atoms with van der Waals surface area (Å²) in [4.78, 5) is 22.4. The van der Waals surface area contributed by atoms with Crippen LogP contribution >= 0.6 is 0 Å². The van der Waals surface area contributed by atoms with Gasteiger partial charge in [0.2, 0.25) is 0 Å². The van der Waals surface area contributed by atoms with E-state index in [4.69, 9.17) is 9.47 Å². The van der Waals surface area contributed by atoms with Gasteiger partial charge in [-0.25, -0.2) is 9.78 Å². The third-order valence-corrected chi connectivity index (χ3v) is 4.63. The zero-order valence-corrected chi connectivity index (χ0v) is 14.2. The molecule has 0 bridgehead atoms. The molecule has 0 unspecified atom stereocenters. The van der Waals surface area contributed by atoms with Crippen LogP contribution in [-0.4, -0.2) is 60.3 Å². The van der Waals surface area contributed by atoms with Gasteiger partial charge in [-0.2, -0.15) is 0 Å². The van der Waals surface area contributed by atoms with E-state index >= 15 is 0 Å². The molecule has 3 heterocycles. The van der Waals surface area contributed by atoms with Crippen LogP contribution < -0.4 is 0 Å². The third kappa shape index (κ3) is 3.23. The van der Waals surface area contributed by atoms with Crippen LogP contribution in [0, 0.1) is 6.92 Å². The molecular formula is C19H21N3O3. The molecule has 1 aliphatic rings. The normalized spacial score (nSPS) is 15.7. The zero-order valence-electron chi connectivity index (χ0n) is 14.2. The van der Waals surface area contributed by atoms with Gasteiger partial charge in [0, 0.05) is 35.9 Å². The standard InChI is InChI=1S/C19H21N3O3/c1-13-18-15(14-4-2-3-5-16(14)21-18)12-17(20-13)19(23)25-11-8-22-6-9-24-10-7-22/h2-5,12,21H,6-11H2,1H3. The van der Waals surface area contributed by atoms with E-state index in [-0.39, 0.29) is 5.97 Å². The van der Waals surface area contributed by atoms with Crippen molar-refractivity contribution in [1.29, 1.82) is 0 Å². The maximum Gasteiger partial charge on any atom is 0.356 e. The van der Waals surface area contributed by atoms with Crippen LogP contribution in [0.5, 0.6) is 0 Å². The van der Waals surface area contributed by atoms with Gasteiger partial charge >= 0.3 is 5.97 Å². The topological polar surface area (TPSA) is 67.4 Å². The number of pyridine rings is 1. The van der Waals surface area contributed by atoms with E-state index in [1.54, 1.807) is 0 Å². The number of benzene rings is 1. The number of nitrogens with one attached hydrogen (secondary N) is 1. The smallest absolute Gasteiger partial charge is 0.356 e. The molecule has 3 aromatic rings. The highest BCUT2D eigenvalue weighted by Crippen LogP contribution is 2.27. The summed E-state index contributed by atoms with van der Waals surface area (Å²) in [6.45, 7) is 6.25. The number of rotatable bonds is 4. The zero-order chi connectivity index (χ0) is 17.2. The van der Waals surface area contributed by atoms with Crippen molar-refractivity contribution >= 4 is 27.8 Å². The minimum atomic E-state index is -0.372. The van der Waals surface area contributed by atoms with Crippen LogP contribution in [0.4, 0.5) is 0 Å². The Balaban J connectivity index is 1.52. The number of fused-ring (bicyclic) bond motifs is 3. The fourth-order valence-electron chi connectivity index (χ4n) is 3.28. The quantitative estimate of drug-likeness (QED) is 0.740. The van der Waals surface area contributed by atoms with Gasteiger partial charge in [-0.05, 0) is 19.1 Å². The number of aromatic nitrogens is 2. The number of aromatic amines is 1. The first kappa shape index (κ1) is 16.1. The van der Waals surface area contributed by atoms with Crippen molar-refractivity contribution in [3.63, 3.8) is 0 Å². The summed E-state index contributed by atoms with van der Waals surface area (Å²) in [7, 11) is 0. The van der Waals surface area contributed by atoms with E-state index in [9.17, 15) is 4.79 Å². The van der Waals surface area contributed by atoms with E-state index in [2.05, 4.69) is 14.9 Å². The number of para-hydroxylation sites is 1. The molecule has 0 aliphatic carbocycles. The minimum Gasteiger partial charge on any atom is -0.460 e. The molecule has 0 saturated carbocycles. The lowest BCUT2D eigenvalue weighted by molar-refractivity contribution is 0.0193. The van der Waals surface area contributed by atoms with Gasteiger partial charge in [0.25, 0.3) is 0 Å². The predicted molar refractivity (Wildman–Crippen MR) is 95.9 cm³/mol. The van der Waals surface area contributed by atoms with Gasteiger partial charge in [-0.1, -0.05) is 18.2 Å². The number of morpholine rings is 1. The van der Waals surface area contributed by atoms with Gasteiger partial charge in [0.15, 0.2) is 0 Å².